The molecule has 1 aliphatic carbocycles. The predicted octanol–water partition coefficient (Wildman–Crippen LogP) is 5.17. The number of allylic oxidation sites excluding steroid dienone is 1. The fourth-order valence-corrected chi connectivity index (χ4v) is 6.78. The van der Waals surface area contributed by atoms with Crippen LogP contribution in [0.4, 0.5) is 0 Å². The van der Waals surface area contributed by atoms with Crippen LogP contribution in [0, 0.1) is 11.8 Å². The third-order valence-corrected chi connectivity index (χ3v) is 8.83. The Morgan fingerprint density at radius 1 is 1.12 bits per heavy atom. The lowest BCUT2D eigenvalue weighted by atomic mass is 9.68. The van der Waals surface area contributed by atoms with Crippen molar-refractivity contribution in [1.29, 1.82) is 0 Å². The zero-order valence-corrected chi connectivity index (χ0v) is 25.2. The van der Waals surface area contributed by atoms with Crippen molar-refractivity contribution < 1.29 is 33.6 Å². The summed E-state index contributed by atoms with van der Waals surface area (Å²) in [5, 5.41) is 12.4. The molecule has 2 aromatic carbocycles. The van der Waals surface area contributed by atoms with Gasteiger partial charge in [-0.25, -0.2) is 4.79 Å². The second-order valence-corrected chi connectivity index (χ2v) is 12.7. The number of nitrogens with zero attached hydrogens (tertiary/aromatic N) is 1. The van der Waals surface area contributed by atoms with Crippen LogP contribution in [0.1, 0.15) is 64.5 Å². The van der Waals surface area contributed by atoms with Crippen LogP contribution >= 0.6 is 0 Å². The van der Waals surface area contributed by atoms with E-state index in [1.807, 2.05) is 66.7 Å². The molecule has 3 aliphatic rings. The molecule has 2 fully saturated rings. The number of carbonyl (C=O) groups excluding carboxylic acids is 2. The SMILES string of the molecule is COc1ccc(CN2C(=O)C3C[C@H](OCc4ccccc4)O[C@]3(C)[C@@]2(C(=O)OC(C)(C)C)C(O)[C@H]2C=CCCC2)cc1. The standard InChI is InChI=1S/C34H43NO7/c1-32(2,3)42-31(38)34(29(36)25-14-10-7-11-15-25)33(4)27(20-28(41-33)40-22-24-12-8-6-9-13-24)30(37)35(34)21-23-16-18-26(39-5)19-17-23/h6,8-10,12-14,16-19,25,27-29,36H,7,11,15,20-22H2,1-5H3/t25-,27?,28+,29?,33-,34-/m0/s1. The Kier molecular flexibility index (Phi) is 8.52. The van der Waals surface area contributed by atoms with Crippen LogP contribution in [0.15, 0.2) is 66.7 Å². The third-order valence-electron chi connectivity index (χ3n) is 8.83. The number of aliphatic hydroxyl groups is 1. The maximum absolute atomic E-state index is 14.6. The van der Waals surface area contributed by atoms with Gasteiger partial charge in [-0.3, -0.25) is 4.79 Å². The van der Waals surface area contributed by atoms with Crippen LogP contribution in [-0.4, -0.2) is 58.1 Å². The van der Waals surface area contributed by atoms with E-state index in [0.29, 0.717) is 18.8 Å². The summed E-state index contributed by atoms with van der Waals surface area (Å²) in [5.41, 5.74) is -2.33. The van der Waals surface area contributed by atoms with Gasteiger partial charge in [0, 0.05) is 18.9 Å². The summed E-state index contributed by atoms with van der Waals surface area (Å²) in [6.07, 6.45) is 4.72. The van der Waals surface area contributed by atoms with Gasteiger partial charge in [0.1, 0.15) is 17.0 Å². The van der Waals surface area contributed by atoms with Crippen LogP contribution in [0.5, 0.6) is 5.75 Å². The molecule has 2 aromatic rings. The van der Waals surface area contributed by atoms with Crippen LogP contribution < -0.4 is 4.74 Å². The van der Waals surface area contributed by atoms with E-state index in [0.717, 1.165) is 24.0 Å². The van der Waals surface area contributed by atoms with Gasteiger partial charge < -0.3 is 29.0 Å². The Bertz CT molecular complexity index is 1290. The summed E-state index contributed by atoms with van der Waals surface area (Å²) in [6, 6.07) is 17.1. The Hall–Kier alpha value is -3.20. The van der Waals surface area contributed by atoms with Crippen LogP contribution in [0.25, 0.3) is 0 Å². The molecule has 2 aliphatic heterocycles. The van der Waals surface area contributed by atoms with Gasteiger partial charge in [0.25, 0.3) is 0 Å². The summed E-state index contributed by atoms with van der Waals surface area (Å²) in [4.78, 5) is 30.6. The van der Waals surface area contributed by atoms with Gasteiger partial charge in [-0.05, 0) is 70.2 Å². The van der Waals surface area contributed by atoms with E-state index >= 15 is 0 Å². The number of aliphatic hydroxyl groups excluding tert-OH is 1. The van der Waals surface area contributed by atoms with Crippen molar-refractivity contribution in [3.63, 3.8) is 0 Å². The summed E-state index contributed by atoms with van der Waals surface area (Å²) in [7, 11) is 1.59. The highest BCUT2D eigenvalue weighted by Gasteiger charge is 2.78. The first-order valence-corrected chi connectivity index (χ1v) is 14.9. The molecule has 5 rings (SSSR count). The van der Waals surface area contributed by atoms with Crippen LogP contribution in [0.2, 0.25) is 0 Å². The number of esters is 1. The quantitative estimate of drug-likeness (QED) is 0.325. The summed E-state index contributed by atoms with van der Waals surface area (Å²) in [5.74, 6) is -1.32. The van der Waals surface area contributed by atoms with Crippen molar-refractivity contribution >= 4 is 11.9 Å². The molecule has 226 valence electrons. The largest absolute Gasteiger partial charge is 0.497 e. The first-order chi connectivity index (χ1) is 20.0. The van der Waals surface area contributed by atoms with Crippen molar-refractivity contribution in [3.8, 4) is 5.75 Å². The van der Waals surface area contributed by atoms with E-state index in [1.165, 1.54) is 4.90 Å². The van der Waals surface area contributed by atoms with Crippen molar-refractivity contribution in [1.82, 2.24) is 4.90 Å². The van der Waals surface area contributed by atoms with Gasteiger partial charge in [-0.15, -0.1) is 0 Å². The zero-order chi connectivity index (χ0) is 30.1. The number of fused-ring (bicyclic) bond motifs is 1. The van der Waals surface area contributed by atoms with Crippen molar-refractivity contribution in [2.75, 3.05) is 7.11 Å². The number of ether oxygens (including phenoxy) is 4. The fraction of sp³-hybridized carbons (Fsp3) is 0.529. The molecular weight excluding hydrogens is 534 g/mol. The maximum atomic E-state index is 14.6. The molecule has 2 unspecified atom stereocenters. The van der Waals surface area contributed by atoms with E-state index in [1.54, 1.807) is 34.8 Å². The molecular formula is C34H43NO7. The van der Waals surface area contributed by atoms with Gasteiger partial charge in [-0.1, -0.05) is 54.6 Å². The Morgan fingerprint density at radius 3 is 2.45 bits per heavy atom. The molecule has 0 saturated carbocycles. The highest BCUT2D eigenvalue weighted by Crippen LogP contribution is 2.57. The van der Waals surface area contributed by atoms with Gasteiger partial charge in [0.15, 0.2) is 11.8 Å². The first-order valence-electron chi connectivity index (χ1n) is 14.9. The number of hydrogen-bond acceptors (Lipinski definition) is 7. The molecule has 1 N–H and O–H groups in total. The lowest BCUT2D eigenvalue weighted by Gasteiger charge is -2.50. The molecule has 42 heavy (non-hydrogen) atoms. The Balaban J connectivity index is 1.58. The highest BCUT2D eigenvalue weighted by molar-refractivity contribution is 5.97. The number of benzene rings is 2. The molecule has 8 heteroatoms. The van der Waals surface area contributed by atoms with E-state index in [4.69, 9.17) is 18.9 Å². The van der Waals surface area contributed by atoms with Crippen molar-refractivity contribution in [2.45, 2.75) is 95.7 Å². The molecule has 8 nitrogen and oxygen atoms in total. The van der Waals surface area contributed by atoms with Crippen molar-refractivity contribution in [3.05, 3.63) is 77.9 Å². The molecule has 6 atom stereocenters. The molecule has 2 heterocycles. The minimum atomic E-state index is -1.82. The molecule has 0 bridgehead atoms. The van der Waals surface area contributed by atoms with Crippen molar-refractivity contribution in [2.24, 2.45) is 11.8 Å². The Labute approximate surface area is 248 Å². The first kappa shape index (κ1) is 30.3. The van der Waals surface area contributed by atoms with E-state index in [9.17, 15) is 14.7 Å². The predicted molar refractivity (Wildman–Crippen MR) is 157 cm³/mol. The average Bonchev–Trinajstić information content (AvgIpc) is 3.40. The van der Waals surface area contributed by atoms with Gasteiger partial charge in [-0.2, -0.15) is 0 Å². The molecule has 0 radical (unpaired) electrons. The molecule has 2 saturated heterocycles. The summed E-state index contributed by atoms with van der Waals surface area (Å²) >= 11 is 0. The van der Waals surface area contributed by atoms with E-state index < -0.39 is 41.0 Å². The summed E-state index contributed by atoms with van der Waals surface area (Å²) in [6.45, 7) is 7.53. The van der Waals surface area contributed by atoms with Gasteiger partial charge in [0.2, 0.25) is 5.91 Å². The normalized spacial score (nSPS) is 29.8. The second-order valence-electron chi connectivity index (χ2n) is 12.7. The maximum Gasteiger partial charge on any atom is 0.338 e. The topological polar surface area (TPSA) is 94.5 Å². The average molecular weight is 578 g/mol. The van der Waals surface area contributed by atoms with E-state index in [2.05, 4.69) is 0 Å². The number of methoxy groups -OCH3 is 1. The minimum absolute atomic E-state index is 0.0978. The summed E-state index contributed by atoms with van der Waals surface area (Å²) < 4.78 is 24.2. The zero-order valence-electron chi connectivity index (χ0n) is 25.2. The lowest BCUT2D eigenvalue weighted by Crippen LogP contribution is -2.72. The van der Waals surface area contributed by atoms with Gasteiger partial charge >= 0.3 is 5.97 Å². The van der Waals surface area contributed by atoms with Crippen LogP contribution in [0.3, 0.4) is 0 Å². The molecule has 0 aromatic heterocycles. The smallest absolute Gasteiger partial charge is 0.338 e. The highest BCUT2D eigenvalue weighted by atomic mass is 16.7. The number of likely N-dealkylation sites (tertiary alicyclic amines) is 1. The van der Waals surface area contributed by atoms with Gasteiger partial charge in [0.05, 0.1) is 25.7 Å². The lowest BCUT2D eigenvalue weighted by molar-refractivity contribution is -0.234. The molecule has 1 amide bonds. The number of carbonyl (C=O) groups is 2. The fourth-order valence-electron chi connectivity index (χ4n) is 6.78. The minimum Gasteiger partial charge on any atom is -0.497 e. The second kappa shape index (κ2) is 11.8. The van der Waals surface area contributed by atoms with E-state index in [-0.39, 0.29) is 24.8 Å². The van der Waals surface area contributed by atoms with Crippen LogP contribution in [-0.2, 0) is 37.0 Å². The number of rotatable bonds is 9. The third kappa shape index (κ3) is 5.48. The number of hydrogen-bond donors (Lipinski definition) is 1. The monoisotopic (exact) mass is 577 g/mol. The molecule has 0 spiro atoms. The Morgan fingerprint density at radius 2 is 1.83 bits per heavy atom. The number of amides is 1.